The number of carbonyl (C=O) groups excluding carboxylic acids is 1. The number of β-amino-alcohol motifs (C(OH)–C–C–N with tert-alkyl or cyclic N) is 1. The van der Waals surface area contributed by atoms with Gasteiger partial charge in [-0.1, -0.05) is 26.8 Å². The van der Waals surface area contributed by atoms with Crippen LogP contribution in [0.25, 0.3) is 0 Å². The molecule has 1 heterocycles. The summed E-state index contributed by atoms with van der Waals surface area (Å²) in [7, 11) is 0. The Morgan fingerprint density at radius 1 is 1.47 bits per heavy atom. The number of aliphatic hydroxyl groups is 1. The molecule has 1 rings (SSSR count). The van der Waals surface area contributed by atoms with Gasteiger partial charge in [-0.05, 0) is 30.9 Å². The van der Waals surface area contributed by atoms with Gasteiger partial charge in [-0.3, -0.25) is 9.69 Å². The summed E-state index contributed by atoms with van der Waals surface area (Å²) < 4.78 is 0. The van der Waals surface area contributed by atoms with Crippen LogP contribution in [-0.4, -0.2) is 41.5 Å². The van der Waals surface area contributed by atoms with E-state index in [4.69, 9.17) is 0 Å². The molecule has 1 N–H and O–H groups in total. The molecule has 3 nitrogen and oxygen atoms in total. The normalized spacial score (nSPS) is 23.2. The van der Waals surface area contributed by atoms with E-state index in [-0.39, 0.29) is 17.3 Å². The second kappa shape index (κ2) is 6.31. The topological polar surface area (TPSA) is 40.5 Å². The van der Waals surface area contributed by atoms with Crippen LogP contribution in [0.2, 0.25) is 0 Å². The zero-order chi connectivity index (χ0) is 12.9. The average Bonchev–Trinajstić information content (AvgIpc) is 2.14. The van der Waals surface area contributed by atoms with Crippen molar-refractivity contribution >= 4 is 5.78 Å². The van der Waals surface area contributed by atoms with Crippen molar-refractivity contribution in [1.29, 1.82) is 0 Å². The number of aliphatic hydroxyl groups excluding tert-OH is 1. The van der Waals surface area contributed by atoms with E-state index in [1.165, 1.54) is 0 Å². The number of piperidine rings is 1. The summed E-state index contributed by atoms with van der Waals surface area (Å²) in [6, 6.07) is 0. The first-order valence-electron chi connectivity index (χ1n) is 6.46. The third-order valence-electron chi connectivity index (χ3n) is 2.85. The summed E-state index contributed by atoms with van der Waals surface area (Å²) >= 11 is 0. The number of allylic oxidation sites excluding steroid dienone is 1. The minimum Gasteiger partial charge on any atom is -0.392 e. The minimum atomic E-state index is -0.192. The average molecular weight is 239 g/mol. The molecule has 1 saturated heterocycles. The first-order valence-corrected chi connectivity index (χ1v) is 6.46. The summed E-state index contributed by atoms with van der Waals surface area (Å²) in [5.41, 5.74) is 0.0583. The van der Waals surface area contributed by atoms with Gasteiger partial charge in [0.15, 0.2) is 5.78 Å². The molecular weight excluding hydrogens is 214 g/mol. The van der Waals surface area contributed by atoms with Gasteiger partial charge >= 0.3 is 0 Å². The molecule has 1 unspecified atom stereocenters. The van der Waals surface area contributed by atoms with Gasteiger partial charge in [-0.2, -0.15) is 0 Å². The predicted molar refractivity (Wildman–Crippen MR) is 69.9 cm³/mol. The molecule has 0 amide bonds. The Kier molecular flexibility index (Phi) is 5.34. The van der Waals surface area contributed by atoms with Gasteiger partial charge in [-0.15, -0.1) is 0 Å². The van der Waals surface area contributed by atoms with Gasteiger partial charge in [-0.25, -0.2) is 0 Å². The van der Waals surface area contributed by atoms with Crippen molar-refractivity contribution < 1.29 is 9.90 Å². The molecule has 0 bridgehead atoms. The molecule has 0 saturated carbocycles. The van der Waals surface area contributed by atoms with Crippen LogP contribution in [0.1, 0.15) is 40.0 Å². The third-order valence-corrected chi connectivity index (χ3v) is 2.85. The summed E-state index contributed by atoms with van der Waals surface area (Å²) in [5.74, 6) is 0.190. The molecule has 1 aliphatic heterocycles. The van der Waals surface area contributed by atoms with Crippen LogP contribution in [0.4, 0.5) is 0 Å². The largest absolute Gasteiger partial charge is 0.392 e. The Bertz CT molecular complexity index is 278. The summed E-state index contributed by atoms with van der Waals surface area (Å²) in [4.78, 5) is 13.8. The van der Waals surface area contributed by atoms with Crippen LogP contribution in [0.15, 0.2) is 12.2 Å². The quantitative estimate of drug-likeness (QED) is 0.763. The molecule has 0 aromatic carbocycles. The zero-order valence-electron chi connectivity index (χ0n) is 11.3. The van der Waals surface area contributed by atoms with E-state index in [0.29, 0.717) is 6.42 Å². The van der Waals surface area contributed by atoms with Crippen molar-refractivity contribution in [2.24, 2.45) is 5.41 Å². The van der Waals surface area contributed by atoms with E-state index in [2.05, 4.69) is 25.7 Å². The maximum Gasteiger partial charge on any atom is 0.155 e. The standard InChI is InChI=1S/C14H25NO2/c1-14(2,3)10-12(16)6-4-8-15-9-5-7-13(17)11-15/h4,6,13,17H,5,7-11H2,1-3H3/b6-4+. The van der Waals surface area contributed by atoms with Crippen LogP contribution >= 0.6 is 0 Å². The minimum absolute atomic E-state index is 0.0583. The Balaban J connectivity index is 2.27. The fraction of sp³-hybridized carbons (Fsp3) is 0.786. The van der Waals surface area contributed by atoms with E-state index < -0.39 is 0 Å². The number of rotatable bonds is 4. The molecule has 3 heteroatoms. The van der Waals surface area contributed by atoms with Gasteiger partial charge in [0.1, 0.15) is 0 Å². The highest BCUT2D eigenvalue weighted by Crippen LogP contribution is 2.18. The SMILES string of the molecule is CC(C)(C)CC(=O)/C=C/CN1CCCC(O)C1. The lowest BCUT2D eigenvalue weighted by Crippen LogP contribution is -2.38. The van der Waals surface area contributed by atoms with E-state index in [1.807, 2.05) is 6.08 Å². The number of hydrogen-bond donors (Lipinski definition) is 1. The summed E-state index contributed by atoms with van der Waals surface area (Å²) in [6.45, 7) is 8.73. The number of hydrogen-bond acceptors (Lipinski definition) is 3. The highest BCUT2D eigenvalue weighted by molar-refractivity contribution is 5.90. The fourth-order valence-electron chi connectivity index (χ4n) is 2.11. The maximum absolute atomic E-state index is 11.6. The molecule has 0 aliphatic carbocycles. The van der Waals surface area contributed by atoms with Crippen LogP contribution < -0.4 is 0 Å². The van der Waals surface area contributed by atoms with Gasteiger partial charge in [0.05, 0.1) is 6.10 Å². The lowest BCUT2D eigenvalue weighted by molar-refractivity contribution is -0.116. The van der Waals surface area contributed by atoms with Crippen molar-refractivity contribution in [1.82, 2.24) is 4.90 Å². The van der Waals surface area contributed by atoms with Gasteiger partial charge < -0.3 is 5.11 Å². The van der Waals surface area contributed by atoms with Crippen molar-refractivity contribution in [3.8, 4) is 0 Å². The van der Waals surface area contributed by atoms with Gasteiger partial charge in [0.2, 0.25) is 0 Å². The molecule has 1 aliphatic rings. The number of likely N-dealkylation sites (tertiary alicyclic amines) is 1. The van der Waals surface area contributed by atoms with E-state index in [9.17, 15) is 9.90 Å². The molecule has 0 spiro atoms. The first-order chi connectivity index (χ1) is 7.87. The molecule has 17 heavy (non-hydrogen) atoms. The molecule has 98 valence electrons. The monoisotopic (exact) mass is 239 g/mol. The first kappa shape index (κ1) is 14.4. The second-order valence-corrected chi connectivity index (χ2v) is 6.16. The Morgan fingerprint density at radius 2 is 2.18 bits per heavy atom. The van der Waals surface area contributed by atoms with Crippen LogP contribution in [0.3, 0.4) is 0 Å². The summed E-state index contributed by atoms with van der Waals surface area (Å²) in [6.07, 6.45) is 5.96. The number of nitrogens with zero attached hydrogens (tertiary/aromatic N) is 1. The van der Waals surface area contributed by atoms with Crippen LogP contribution in [0.5, 0.6) is 0 Å². The smallest absolute Gasteiger partial charge is 0.155 e. The van der Waals surface area contributed by atoms with Crippen molar-refractivity contribution in [3.63, 3.8) is 0 Å². The number of ketones is 1. The summed E-state index contributed by atoms with van der Waals surface area (Å²) in [5, 5.41) is 9.51. The molecule has 0 radical (unpaired) electrons. The lowest BCUT2D eigenvalue weighted by atomic mass is 9.90. The molecule has 1 atom stereocenters. The predicted octanol–water partition coefficient (Wildman–Crippen LogP) is 2.00. The van der Waals surface area contributed by atoms with Crippen molar-refractivity contribution in [2.45, 2.75) is 46.1 Å². The molecule has 0 aromatic heterocycles. The molecule has 0 aromatic rings. The van der Waals surface area contributed by atoms with Crippen molar-refractivity contribution in [3.05, 3.63) is 12.2 Å². The Morgan fingerprint density at radius 3 is 2.76 bits per heavy atom. The maximum atomic E-state index is 11.6. The lowest BCUT2D eigenvalue weighted by Gasteiger charge is -2.28. The van der Waals surface area contributed by atoms with Gasteiger partial charge in [0, 0.05) is 19.5 Å². The van der Waals surface area contributed by atoms with E-state index in [1.54, 1.807) is 6.08 Å². The van der Waals surface area contributed by atoms with Crippen LogP contribution in [0, 0.1) is 5.41 Å². The third kappa shape index (κ3) is 6.59. The second-order valence-electron chi connectivity index (χ2n) is 6.16. The van der Waals surface area contributed by atoms with Crippen molar-refractivity contribution in [2.75, 3.05) is 19.6 Å². The Labute approximate surface area is 105 Å². The molecular formula is C14H25NO2. The van der Waals surface area contributed by atoms with Crippen LogP contribution in [-0.2, 0) is 4.79 Å². The zero-order valence-corrected chi connectivity index (χ0v) is 11.3. The highest BCUT2D eigenvalue weighted by Gasteiger charge is 2.16. The Hall–Kier alpha value is -0.670. The van der Waals surface area contributed by atoms with Gasteiger partial charge in [0.25, 0.3) is 0 Å². The fourth-order valence-corrected chi connectivity index (χ4v) is 2.11. The van der Waals surface area contributed by atoms with E-state index in [0.717, 1.165) is 32.5 Å². The highest BCUT2D eigenvalue weighted by atomic mass is 16.3. The molecule has 1 fully saturated rings. The van der Waals surface area contributed by atoms with E-state index >= 15 is 0 Å². The number of carbonyl (C=O) groups is 1.